The normalized spacial score (nSPS) is 29.1. The molecule has 2 aromatic carbocycles. The Morgan fingerprint density at radius 3 is 2.42 bits per heavy atom. The molecule has 0 bridgehead atoms. The van der Waals surface area contributed by atoms with Gasteiger partial charge in [-0.3, -0.25) is 24.6 Å². The lowest BCUT2D eigenvalue weighted by Gasteiger charge is -2.29. The van der Waals surface area contributed by atoms with Gasteiger partial charge >= 0.3 is 0 Å². The summed E-state index contributed by atoms with van der Waals surface area (Å²) >= 11 is 0. The molecule has 0 radical (unpaired) electrons. The van der Waals surface area contributed by atoms with Gasteiger partial charge in [0.2, 0.25) is 17.7 Å². The summed E-state index contributed by atoms with van der Waals surface area (Å²) in [4.78, 5) is 41.9. The fourth-order valence-electron chi connectivity index (χ4n) is 5.63. The fourth-order valence-corrected chi connectivity index (χ4v) is 5.63. The third kappa shape index (κ3) is 2.92. The van der Waals surface area contributed by atoms with Crippen LogP contribution in [-0.2, 0) is 26.3 Å². The van der Waals surface area contributed by atoms with E-state index in [1.165, 1.54) is 4.90 Å². The molecule has 2 saturated heterocycles. The number of imide groups is 1. The van der Waals surface area contributed by atoms with Gasteiger partial charge in [0.1, 0.15) is 5.54 Å². The van der Waals surface area contributed by atoms with Gasteiger partial charge in [-0.15, -0.1) is 0 Å². The minimum absolute atomic E-state index is 0.155. The molecule has 0 aromatic heterocycles. The lowest BCUT2D eigenvalue weighted by molar-refractivity contribution is -0.142. The highest BCUT2D eigenvalue weighted by atomic mass is 16.2. The van der Waals surface area contributed by atoms with Crippen molar-refractivity contribution in [2.45, 2.75) is 38.3 Å². The summed E-state index contributed by atoms with van der Waals surface area (Å²) in [5.41, 5.74) is 1.38. The molecule has 0 aliphatic carbocycles. The van der Waals surface area contributed by atoms with Crippen molar-refractivity contribution in [2.75, 3.05) is 11.9 Å². The molecule has 0 saturated carbocycles. The minimum Gasteiger partial charge on any atom is -0.324 e. The van der Waals surface area contributed by atoms with Crippen LogP contribution in [-0.4, -0.2) is 35.2 Å². The molecule has 2 aromatic rings. The van der Waals surface area contributed by atoms with Crippen molar-refractivity contribution in [3.63, 3.8) is 0 Å². The second-order valence-electron chi connectivity index (χ2n) is 9.26. The van der Waals surface area contributed by atoms with Crippen molar-refractivity contribution in [3.05, 3.63) is 65.7 Å². The Balaban J connectivity index is 1.53. The number of fused-ring (bicyclic) bond motifs is 4. The van der Waals surface area contributed by atoms with Crippen molar-refractivity contribution < 1.29 is 14.4 Å². The van der Waals surface area contributed by atoms with Crippen molar-refractivity contribution in [2.24, 2.45) is 17.8 Å². The highest BCUT2D eigenvalue weighted by molar-refractivity contribution is 6.15. The van der Waals surface area contributed by atoms with Crippen molar-refractivity contribution >= 4 is 23.4 Å². The zero-order chi connectivity index (χ0) is 21.8. The molecule has 0 unspecified atom stereocenters. The van der Waals surface area contributed by atoms with Crippen LogP contribution in [0.1, 0.15) is 31.4 Å². The van der Waals surface area contributed by atoms with Crippen LogP contribution in [0, 0.1) is 17.8 Å². The summed E-state index contributed by atoms with van der Waals surface area (Å²) in [7, 11) is 0. The molecule has 3 aliphatic rings. The van der Waals surface area contributed by atoms with E-state index in [2.05, 4.69) is 24.5 Å². The van der Waals surface area contributed by atoms with Crippen LogP contribution in [0.5, 0.6) is 0 Å². The quantitative estimate of drug-likeness (QED) is 0.734. The van der Waals surface area contributed by atoms with Crippen molar-refractivity contribution in [1.29, 1.82) is 0 Å². The van der Waals surface area contributed by atoms with E-state index in [0.717, 1.165) is 17.5 Å². The van der Waals surface area contributed by atoms with E-state index in [-0.39, 0.29) is 23.8 Å². The lowest BCUT2D eigenvalue weighted by atomic mass is 9.76. The molecule has 2 N–H and O–H groups in total. The summed E-state index contributed by atoms with van der Waals surface area (Å²) < 4.78 is 0. The van der Waals surface area contributed by atoms with E-state index < -0.39 is 17.4 Å². The number of benzene rings is 2. The van der Waals surface area contributed by atoms with Crippen LogP contribution in [0.4, 0.5) is 5.69 Å². The standard InChI is InChI=1S/C25H27N3O3/c1-15(2)14-19-20-21(25(27-19)17-10-6-7-11-18(17)26-24(25)31)23(30)28(22(20)29)13-12-16-8-4-3-5-9-16/h3-11,15,19-21,27H,12-14H2,1-2H3,(H,26,31)/t19-,20+,21-,25+/m0/s1. The highest BCUT2D eigenvalue weighted by Crippen LogP contribution is 2.53. The zero-order valence-corrected chi connectivity index (χ0v) is 17.8. The Bertz CT molecular complexity index is 1050. The number of hydrogen-bond acceptors (Lipinski definition) is 4. The molecule has 1 spiro atoms. The molecule has 3 heterocycles. The summed E-state index contributed by atoms with van der Waals surface area (Å²) in [5.74, 6) is -1.55. The zero-order valence-electron chi connectivity index (χ0n) is 17.8. The van der Waals surface area contributed by atoms with E-state index in [1.807, 2.05) is 54.6 Å². The number of nitrogens with one attached hydrogen (secondary N) is 2. The largest absolute Gasteiger partial charge is 0.324 e. The Hall–Kier alpha value is -2.99. The van der Waals surface area contributed by atoms with Crippen molar-refractivity contribution in [1.82, 2.24) is 10.2 Å². The minimum atomic E-state index is -1.19. The van der Waals surface area contributed by atoms with Crippen LogP contribution in [0.25, 0.3) is 0 Å². The predicted molar refractivity (Wildman–Crippen MR) is 117 cm³/mol. The molecule has 4 atom stereocenters. The first-order chi connectivity index (χ1) is 14.9. The van der Waals surface area contributed by atoms with E-state index in [0.29, 0.717) is 24.6 Å². The fraction of sp³-hybridized carbons (Fsp3) is 0.400. The first-order valence-electron chi connectivity index (χ1n) is 11.0. The number of likely N-dealkylation sites (tertiary alicyclic amines) is 1. The highest BCUT2D eigenvalue weighted by Gasteiger charge is 2.70. The van der Waals surface area contributed by atoms with Gasteiger partial charge in [-0.05, 0) is 30.4 Å². The van der Waals surface area contributed by atoms with Crippen LogP contribution in [0.2, 0.25) is 0 Å². The van der Waals surface area contributed by atoms with Gasteiger partial charge in [-0.25, -0.2) is 0 Å². The van der Waals surface area contributed by atoms with Gasteiger partial charge in [0.25, 0.3) is 0 Å². The molecule has 3 amide bonds. The van der Waals surface area contributed by atoms with Gasteiger partial charge in [-0.1, -0.05) is 62.4 Å². The molecule has 31 heavy (non-hydrogen) atoms. The average molecular weight is 418 g/mol. The number of hydrogen-bond donors (Lipinski definition) is 2. The van der Waals surface area contributed by atoms with Crippen molar-refractivity contribution in [3.8, 4) is 0 Å². The molecular formula is C25H27N3O3. The summed E-state index contributed by atoms with van der Waals surface area (Å²) in [6, 6.07) is 17.1. The Morgan fingerprint density at radius 2 is 1.68 bits per heavy atom. The smallest absolute Gasteiger partial charge is 0.250 e. The number of anilines is 1. The maximum atomic E-state index is 13.7. The summed E-state index contributed by atoms with van der Waals surface area (Å²) in [6.07, 6.45) is 1.33. The SMILES string of the molecule is CC(C)C[C@@H]1N[C@@]2(C(=O)Nc3ccccc32)[C@@H]2C(=O)N(CCc3ccccc3)C(=O)[C@H]12. The Morgan fingerprint density at radius 1 is 0.968 bits per heavy atom. The van der Waals surface area contributed by atoms with Gasteiger partial charge in [0.15, 0.2) is 0 Å². The third-order valence-electron chi connectivity index (χ3n) is 6.91. The summed E-state index contributed by atoms with van der Waals surface area (Å²) in [5, 5.41) is 6.42. The second-order valence-corrected chi connectivity index (χ2v) is 9.26. The molecule has 3 aliphatic heterocycles. The Labute approximate surface area is 182 Å². The molecule has 2 fully saturated rings. The van der Waals surface area contributed by atoms with Crippen LogP contribution < -0.4 is 10.6 Å². The average Bonchev–Trinajstić information content (AvgIpc) is 3.32. The molecular weight excluding hydrogens is 390 g/mol. The first-order valence-corrected chi connectivity index (χ1v) is 11.0. The van der Waals surface area contributed by atoms with E-state index in [9.17, 15) is 14.4 Å². The summed E-state index contributed by atoms with van der Waals surface area (Å²) in [6.45, 7) is 4.53. The molecule has 160 valence electrons. The maximum absolute atomic E-state index is 13.7. The Kier molecular flexibility index (Phi) is 4.70. The van der Waals surface area contributed by atoms with E-state index in [4.69, 9.17) is 0 Å². The maximum Gasteiger partial charge on any atom is 0.250 e. The van der Waals surface area contributed by atoms with Crippen LogP contribution in [0.15, 0.2) is 54.6 Å². The molecule has 5 rings (SSSR count). The van der Waals surface area contributed by atoms with Gasteiger partial charge in [0, 0.05) is 23.8 Å². The van der Waals surface area contributed by atoms with Gasteiger partial charge < -0.3 is 5.32 Å². The van der Waals surface area contributed by atoms with E-state index >= 15 is 0 Å². The number of carbonyl (C=O) groups excluding carboxylic acids is 3. The van der Waals surface area contributed by atoms with Crippen LogP contribution in [0.3, 0.4) is 0 Å². The molecule has 6 nitrogen and oxygen atoms in total. The number of nitrogens with zero attached hydrogens (tertiary/aromatic N) is 1. The lowest BCUT2D eigenvalue weighted by Crippen LogP contribution is -2.53. The van der Waals surface area contributed by atoms with Gasteiger partial charge in [-0.2, -0.15) is 0 Å². The molecule has 6 heteroatoms. The number of carbonyl (C=O) groups is 3. The van der Waals surface area contributed by atoms with Gasteiger partial charge in [0.05, 0.1) is 11.8 Å². The second kappa shape index (κ2) is 7.31. The first kappa shape index (κ1) is 19.9. The number of para-hydroxylation sites is 1. The topological polar surface area (TPSA) is 78.5 Å². The third-order valence-corrected chi connectivity index (χ3v) is 6.91. The number of amides is 3. The van der Waals surface area contributed by atoms with E-state index in [1.54, 1.807) is 0 Å². The monoisotopic (exact) mass is 417 g/mol. The number of rotatable bonds is 5. The van der Waals surface area contributed by atoms with Crippen LogP contribution >= 0.6 is 0 Å². The predicted octanol–water partition coefficient (Wildman–Crippen LogP) is 2.70.